The third kappa shape index (κ3) is 3.84. The van der Waals surface area contributed by atoms with Gasteiger partial charge in [0.2, 0.25) is 0 Å². The summed E-state index contributed by atoms with van der Waals surface area (Å²) >= 11 is 5.74. The molecule has 1 unspecified atom stereocenters. The van der Waals surface area contributed by atoms with E-state index < -0.39 is 34.4 Å². The first-order chi connectivity index (χ1) is 9.14. The number of hydrogen-bond acceptors (Lipinski definition) is 2. The number of carboxylic acids is 1. The summed E-state index contributed by atoms with van der Waals surface area (Å²) in [5, 5.41) is 7.03. The van der Waals surface area contributed by atoms with Gasteiger partial charge in [0.25, 0.3) is 0 Å². The summed E-state index contributed by atoms with van der Waals surface area (Å²) in [4.78, 5) is 21.7. The summed E-state index contributed by atoms with van der Waals surface area (Å²) in [5.74, 6) is -1.98. The van der Waals surface area contributed by atoms with Crippen molar-refractivity contribution in [2.45, 2.75) is 18.5 Å². The molecule has 7 heteroatoms. The third-order valence-corrected chi connectivity index (χ3v) is 2.99. The van der Waals surface area contributed by atoms with E-state index >= 15 is 0 Å². The molecule has 0 radical (unpaired) electrons. The Hall–Kier alpha value is -1.82. The van der Waals surface area contributed by atoms with Crippen LogP contribution in [0.4, 0.5) is 13.2 Å². The normalized spacial score (nSPS) is 13.4. The van der Waals surface area contributed by atoms with Gasteiger partial charge >= 0.3 is 12.1 Å². The minimum absolute atomic E-state index is 0.0579. The summed E-state index contributed by atoms with van der Waals surface area (Å²) in [7, 11) is 0. The Morgan fingerprint density at radius 2 is 1.95 bits per heavy atom. The van der Waals surface area contributed by atoms with Gasteiger partial charge in [0.05, 0.1) is 5.56 Å². The van der Waals surface area contributed by atoms with Gasteiger partial charge in [-0.05, 0) is 30.2 Å². The lowest BCUT2D eigenvalue weighted by Crippen LogP contribution is -2.14. The molecule has 0 aliphatic carbocycles. The zero-order valence-corrected chi connectivity index (χ0v) is 11.0. The molecule has 1 N–H and O–H groups in total. The van der Waals surface area contributed by atoms with E-state index in [2.05, 4.69) is 0 Å². The molecule has 1 atom stereocenters. The highest BCUT2D eigenvalue weighted by molar-refractivity contribution is 6.31. The fraction of sp³-hybridized carbons (Fsp3) is 0.231. The molecule has 0 spiro atoms. The van der Waals surface area contributed by atoms with Crippen LogP contribution in [-0.2, 0) is 15.8 Å². The van der Waals surface area contributed by atoms with Crippen molar-refractivity contribution in [2.24, 2.45) is 0 Å². The van der Waals surface area contributed by atoms with Crippen molar-refractivity contribution in [3.8, 4) is 0 Å². The molecule has 3 nitrogen and oxygen atoms in total. The summed E-state index contributed by atoms with van der Waals surface area (Å²) in [6.07, 6.45) is -3.03. The van der Waals surface area contributed by atoms with Crippen molar-refractivity contribution < 1.29 is 27.9 Å². The lowest BCUT2D eigenvalue weighted by Gasteiger charge is -2.17. The number of alkyl halides is 4. The molecule has 0 aromatic heterocycles. The molecule has 1 rings (SSSR count). The Morgan fingerprint density at radius 1 is 1.35 bits per heavy atom. The zero-order chi connectivity index (χ0) is 15.5. The average Bonchev–Trinajstić information content (AvgIpc) is 2.33. The van der Waals surface area contributed by atoms with Gasteiger partial charge in [0, 0.05) is 6.08 Å². The van der Waals surface area contributed by atoms with Gasteiger partial charge in [-0.3, -0.25) is 4.79 Å². The molecular formula is C13H10ClF3O3. The summed E-state index contributed by atoms with van der Waals surface area (Å²) in [6, 6.07) is 3.19. The Labute approximate surface area is 117 Å². The van der Waals surface area contributed by atoms with E-state index in [-0.39, 0.29) is 5.56 Å². The first kappa shape index (κ1) is 16.2. The molecular weight excluding hydrogens is 297 g/mol. The molecule has 0 saturated heterocycles. The number of carboxylic acid groups (broad SMARTS) is 1. The fourth-order valence-electron chi connectivity index (χ4n) is 1.62. The molecule has 1 aromatic carbocycles. The van der Waals surface area contributed by atoms with E-state index in [9.17, 15) is 22.8 Å². The second-order valence-corrected chi connectivity index (χ2v) is 4.39. The Morgan fingerprint density at radius 3 is 2.40 bits per heavy atom. The molecule has 108 valence electrons. The zero-order valence-electron chi connectivity index (χ0n) is 10.2. The van der Waals surface area contributed by atoms with Gasteiger partial charge < -0.3 is 5.11 Å². The van der Waals surface area contributed by atoms with Crippen LogP contribution in [0.2, 0.25) is 0 Å². The van der Waals surface area contributed by atoms with Crippen LogP contribution in [0.3, 0.4) is 0 Å². The predicted molar refractivity (Wildman–Crippen MR) is 67.4 cm³/mol. The largest absolute Gasteiger partial charge is 0.478 e. The smallest absolute Gasteiger partial charge is 0.416 e. The van der Waals surface area contributed by atoms with E-state index in [0.717, 1.165) is 25.1 Å². The number of hydrogen-bond donors (Lipinski definition) is 1. The number of rotatable bonds is 4. The van der Waals surface area contributed by atoms with Crippen molar-refractivity contribution in [1.29, 1.82) is 0 Å². The SMILES string of the molecule is CC(=O)C(Cl)c1c(C=CC(=O)O)cccc1C(F)(F)F. The Kier molecular flexibility index (Phi) is 4.94. The van der Waals surface area contributed by atoms with E-state index in [1.54, 1.807) is 0 Å². The van der Waals surface area contributed by atoms with E-state index in [0.29, 0.717) is 6.08 Å². The Bertz CT molecular complexity index is 564. The van der Waals surface area contributed by atoms with Crippen LogP contribution in [0, 0.1) is 0 Å². The lowest BCUT2D eigenvalue weighted by atomic mass is 9.95. The minimum Gasteiger partial charge on any atom is -0.478 e. The van der Waals surface area contributed by atoms with Crippen LogP contribution in [0.1, 0.15) is 29.0 Å². The number of ketones is 1. The third-order valence-electron chi connectivity index (χ3n) is 2.46. The second-order valence-electron chi connectivity index (χ2n) is 3.95. The fourth-order valence-corrected chi connectivity index (χ4v) is 1.87. The van der Waals surface area contributed by atoms with Gasteiger partial charge in [-0.15, -0.1) is 11.6 Å². The highest BCUT2D eigenvalue weighted by atomic mass is 35.5. The maximum atomic E-state index is 12.9. The molecule has 0 fully saturated rings. The standard InChI is InChI=1S/C13H10ClF3O3/c1-7(18)12(14)11-8(5-6-10(19)20)3-2-4-9(11)13(15,16)17/h2-6,12H,1H3,(H,19,20). The molecule has 0 heterocycles. The number of carbonyl (C=O) groups excluding carboxylic acids is 1. The van der Waals surface area contributed by atoms with Gasteiger partial charge in [-0.2, -0.15) is 13.2 Å². The molecule has 0 bridgehead atoms. The van der Waals surface area contributed by atoms with Crippen molar-refractivity contribution in [3.05, 3.63) is 41.0 Å². The van der Waals surface area contributed by atoms with Crippen molar-refractivity contribution >= 4 is 29.4 Å². The van der Waals surface area contributed by atoms with Crippen LogP contribution >= 0.6 is 11.6 Å². The number of carbonyl (C=O) groups is 2. The predicted octanol–water partition coefficient (Wildman–Crippen LogP) is 3.67. The molecule has 20 heavy (non-hydrogen) atoms. The maximum absolute atomic E-state index is 12.9. The van der Waals surface area contributed by atoms with Crippen molar-refractivity contribution in [1.82, 2.24) is 0 Å². The van der Waals surface area contributed by atoms with Crippen molar-refractivity contribution in [2.75, 3.05) is 0 Å². The summed E-state index contributed by atoms with van der Waals surface area (Å²) in [6.45, 7) is 1.06. The number of Topliss-reactive ketones (excluding diaryl/α,β-unsaturated/α-hetero) is 1. The first-order valence-electron chi connectivity index (χ1n) is 5.40. The highest BCUT2D eigenvalue weighted by Crippen LogP contribution is 2.39. The first-order valence-corrected chi connectivity index (χ1v) is 5.84. The monoisotopic (exact) mass is 306 g/mol. The van der Waals surface area contributed by atoms with Gasteiger partial charge in [-0.1, -0.05) is 12.1 Å². The van der Waals surface area contributed by atoms with E-state index in [1.807, 2.05) is 0 Å². The van der Waals surface area contributed by atoms with Crippen LogP contribution < -0.4 is 0 Å². The molecule has 0 amide bonds. The number of aliphatic carboxylic acids is 1. The lowest BCUT2D eigenvalue weighted by molar-refractivity contribution is -0.138. The number of halogens is 4. The van der Waals surface area contributed by atoms with Gasteiger partial charge in [-0.25, -0.2) is 4.79 Å². The van der Waals surface area contributed by atoms with Crippen LogP contribution in [0.15, 0.2) is 24.3 Å². The van der Waals surface area contributed by atoms with Crippen molar-refractivity contribution in [3.63, 3.8) is 0 Å². The minimum atomic E-state index is -4.69. The van der Waals surface area contributed by atoms with Crippen LogP contribution in [0.25, 0.3) is 6.08 Å². The van der Waals surface area contributed by atoms with Crippen LogP contribution in [0.5, 0.6) is 0 Å². The average molecular weight is 307 g/mol. The van der Waals surface area contributed by atoms with Gasteiger partial charge in [0.1, 0.15) is 5.38 Å². The Balaban J connectivity index is 3.52. The topological polar surface area (TPSA) is 54.4 Å². The molecule has 0 aliphatic heterocycles. The molecule has 0 aliphatic rings. The quantitative estimate of drug-likeness (QED) is 0.682. The molecule has 0 saturated carbocycles. The van der Waals surface area contributed by atoms with E-state index in [1.165, 1.54) is 6.07 Å². The maximum Gasteiger partial charge on any atom is 0.416 e. The van der Waals surface area contributed by atoms with Gasteiger partial charge in [0.15, 0.2) is 5.78 Å². The van der Waals surface area contributed by atoms with Crippen LogP contribution in [-0.4, -0.2) is 16.9 Å². The molecule has 1 aromatic rings. The van der Waals surface area contributed by atoms with E-state index in [4.69, 9.17) is 16.7 Å². The summed E-state index contributed by atoms with van der Waals surface area (Å²) in [5.41, 5.74) is -1.55. The highest BCUT2D eigenvalue weighted by Gasteiger charge is 2.36. The number of benzene rings is 1. The second kappa shape index (κ2) is 6.09. The summed E-state index contributed by atoms with van der Waals surface area (Å²) < 4.78 is 38.8.